The topological polar surface area (TPSA) is 69.3 Å². The van der Waals surface area contributed by atoms with E-state index in [9.17, 15) is 9.59 Å². The third-order valence-electron chi connectivity index (χ3n) is 3.67. The highest BCUT2D eigenvalue weighted by Gasteiger charge is 2.27. The van der Waals surface area contributed by atoms with E-state index >= 15 is 0 Å². The van der Waals surface area contributed by atoms with Gasteiger partial charge in [-0.15, -0.1) is 0 Å². The van der Waals surface area contributed by atoms with Crippen molar-refractivity contribution >= 4 is 11.8 Å². The molecule has 1 heterocycles. The van der Waals surface area contributed by atoms with Gasteiger partial charge in [0.25, 0.3) is 5.91 Å². The molecule has 0 atom stereocenters. The van der Waals surface area contributed by atoms with Gasteiger partial charge in [-0.05, 0) is 32.8 Å². The van der Waals surface area contributed by atoms with E-state index in [0.717, 1.165) is 18.5 Å². The molecule has 1 aliphatic rings. The van der Waals surface area contributed by atoms with E-state index in [1.807, 2.05) is 13.8 Å². The van der Waals surface area contributed by atoms with E-state index in [4.69, 9.17) is 0 Å². The van der Waals surface area contributed by atoms with Gasteiger partial charge in [0.05, 0.1) is 6.54 Å². The lowest BCUT2D eigenvalue weighted by atomic mass is 10.2. The lowest BCUT2D eigenvalue weighted by Crippen LogP contribution is -2.41. The maximum atomic E-state index is 12.2. The van der Waals surface area contributed by atoms with Crippen molar-refractivity contribution in [1.29, 1.82) is 0 Å². The molecule has 0 spiro atoms. The summed E-state index contributed by atoms with van der Waals surface area (Å²) in [5.41, 5.74) is 1.42. The van der Waals surface area contributed by atoms with Crippen LogP contribution in [-0.2, 0) is 4.79 Å². The van der Waals surface area contributed by atoms with Crippen LogP contribution in [0.1, 0.15) is 48.8 Å². The lowest BCUT2D eigenvalue weighted by molar-refractivity contribution is -0.131. The summed E-state index contributed by atoms with van der Waals surface area (Å²) in [5, 5.41) is 6.96. The molecule has 0 radical (unpaired) electrons. The molecule has 1 N–H and O–H groups in total. The number of aromatic amines is 1. The van der Waals surface area contributed by atoms with Crippen molar-refractivity contribution < 1.29 is 9.59 Å². The molecule has 0 bridgehead atoms. The summed E-state index contributed by atoms with van der Waals surface area (Å²) in [7, 11) is 1.63. The summed E-state index contributed by atoms with van der Waals surface area (Å²) in [6.45, 7) is 5.26. The zero-order chi connectivity index (χ0) is 14.7. The molecular formula is C14H22N4O2. The van der Waals surface area contributed by atoms with Crippen molar-refractivity contribution in [2.24, 2.45) is 0 Å². The third-order valence-corrected chi connectivity index (χ3v) is 3.67. The maximum Gasteiger partial charge on any atom is 0.274 e. The van der Waals surface area contributed by atoms with Gasteiger partial charge in [-0.3, -0.25) is 14.7 Å². The zero-order valence-electron chi connectivity index (χ0n) is 12.3. The number of rotatable bonds is 6. The molecule has 1 aromatic heterocycles. The maximum absolute atomic E-state index is 12.2. The molecule has 6 heteroatoms. The van der Waals surface area contributed by atoms with Crippen molar-refractivity contribution in [2.45, 2.75) is 32.6 Å². The van der Waals surface area contributed by atoms with Crippen molar-refractivity contribution in [3.63, 3.8) is 0 Å². The molecule has 0 unspecified atom stereocenters. The predicted molar refractivity (Wildman–Crippen MR) is 75.5 cm³/mol. The molecule has 1 fully saturated rings. The van der Waals surface area contributed by atoms with E-state index in [1.54, 1.807) is 18.0 Å². The first-order chi connectivity index (χ1) is 9.56. The SMILES string of the molecule is CCN(CC)C(=O)CN(C)C(=O)c1cc(C2CC2)[nH]n1. The van der Waals surface area contributed by atoms with Crippen LogP contribution in [-0.4, -0.2) is 58.5 Å². The Morgan fingerprint density at radius 2 is 2.00 bits per heavy atom. The van der Waals surface area contributed by atoms with E-state index < -0.39 is 0 Å². The van der Waals surface area contributed by atoms with Crippen LogP contribution < -0.4 is 0 Å². The average molecular weight is 278 g/mol. The summed E-state index contributed by atoms with van der Waals surface area (Å²) >= 11 is 0. The molecule has 1 aromatic rings. The Hall–Kier alpha value is -1.85. The second-order valence-corrected chi connectivity index (χ2v) is 5.21. The molecular weight excluding hydrogens is 256 g/mol. The van der Waals surface area contributed by atoms with Crippen molar-refractivity contribution in [3.05, 3.63) is 17.5 Å². The zero-order valence-corrected chi connectivity index (χ0v) is 12.3. The highest BCUT2D eigenvalue weighted by atomic mass is 16.2. The number of hydrogen-bond donors (Lipinski definition) is 1. The fourth-order valence-corrected chi connectivity index (χ4v) is 2.20. The minimum atomic E-state index is -0.214. The number of hydrogen-bond acceptors (Lipinski definition) is 3. The van der Waals surface area contributed by atoms with Gasteiger partial charge in [0.1, 0.15) is 5.69 Å². The normalized spacial score (nSPS) is 14.2. The Labute approximate surface area is 119 Å². The molecule has 110 valence electrons. The van der Waals surface area contributed by atoms with Crippen LogP contribution in [0.3, 0.4) is 0 Å². The number of carbonyl (C=O) groups is 2. The molecule has 2 rings (SSSR count). The molecule has 1 saturated carbocycles. The second kappa shape index (κ2) is 6.07. The van der Waals surface area contributed by atoms with Gasteiger partial charge in [-0.25, -0.2) is 0 Å². The first-order valence-corrected chi connectivity index (χ1v) is 7.15. The van der Waals surface area contributed by atoms with Crippen molar-refractivity contribution in [3.8, 4) is 0 Å². The summed E-state index contributed by atoms with van der Waals surface area (Å²) in [4.78, 5) is 27.3. The summed E-state index contributed by atoms with van der Waals surface area (Å²) < 4.78 is 0. The minimum absolute atomic E-state index is 0.0381. The number of nitrogens with one attached hydrogen (secondary N) is 1. The Kier molecular flexibility index (Phi) is 4.42. The van der Waals surface area contributed by atoms with Gasteiger partial charge in [0, 0.05) is 31.7 Å². The summed E-state index contributed by atoms with van der Waals surface area (Å²) in [5.74, 6) is 0.282. The molecule has 6 nitrogen and oxygen atoms in total. The van der Waals surface area contributed by atoms with Gasteiger partial charge in [-0.2, -0.15) is 5.10 Å². The quantitative estimate of drug-likeness (QED) is 0.851. The van der Waals surface area contributed by atoms with Gasteiger partial charge in [0.2, 0.25) is 5.91 Å². The van der Waals surface area contributed by atoms with Crippen molar-refractivity contribution in [2.75, 3.05) is 26.7 Å². The summed E-state index contributed by atoms with van der Waals surface area (Å²) in [6.07, 6.45) is 2.32. The Balaban J connectivity index is 1.95. The molecule has 2 amide bonds. The molecule has 0 aromatic carbocycles. The number of carbonyl (C=O) groups excluding carboxylic acids is 2. The Morgan fingerprint density at radius 3 is 2.55 bits per heavy atom. The number of likely N-dealkylation sites (N-methyl/N-ethyl adjacent to an activating group) is 2. The number of amides is 2. The van der Waals surface area contributed by atoms with Crippen LogP contribution in [0.4, 0.5) is 0 Å². The standard InChI is InChI=1S/C14H22N4O2/c1-4-18(5-2)13(19)9-17(3)14(20)12-8-11(15-16-12)10-6-7-10/h8,10H,4-7,9H2,1-3H3,(H,15,16). The van der Waals surface area contributed by atoms with Gasteiger partial charge in [-0.1, -0.05) is 0 Å². The number of aromatic nitrogens is 2. The fourth-order valence-electron chi connectivity index (χ4n) is 2.20. The van der Waals surface area contributed by atoms with E-state index in [-0.39, 0.29) is 18.4 Å². The van der Waals surface area contributed by atoms with Crippen LogP contribution in [0, 0.1) is 0 Å². The third kappa shape index (κ3) is 3.18. The van der Waals surface area contributed by atoms with E-state index in [0.29, 0.717) is 24.7 Å². The van der Waals surface area contributed by atoms with Gasteiger partial charge < -0.3 is 9.80 Å². The smallest absolute Gasteiger partial charge is 0.274 e. The van der Waals surface area contributed by atoms with Gasteiger partial charge in [0.15, 0.2) is 0 Å². The van der Waals surface area contributed by atoms with E-state index in [2.05, 4.69) is 10.2 Å². The average Bonchev–Trinajstić information content (AvgIpc) is 3.17. The van der Waals surface area contributed by atoms with Crippen LogP contribution in [0.5, 0.6) is 0 Å². The lowest BCUT2D eigenvalue weighted by Gasteiger charge is -2.22. The largest absolute Gasteiger partial charge is 0.342 e. The Morgan fingerprint density at radius 1 is 1.35 bits per heavy atom. The van der Waals surface area contributed by atoms with Crippen LogP contribution in [0.2, 0.25) is 0 Å². The molecule has 1 aliphatic carbocycles. The molecule has 20 heavy (non-hydrogen) atoms. The number of H-pyrrole nitrogens is 1. The van der Waals surface area contributed by atoms with Gasteiger partial charge >= 0.3 is 0 Å². The highest BCUT2D eigenvalue weighted by molar-refractivity contribution is 5.94. The summed E-state index contributed by atoms with van der Waals surface area (Å²) in [6, 6.07) is 1.80. The second-order valence-electron chi connectivity index (χ2n) is 5.21. The van der Waals surface area contributed by atoms with E-state index in [1.165, 1.54) is 4.90 Å². The first-order valence-electron chi connectivity index (χ1n) is 7.15. The van der Waals surface area contributed by atoms with Crippen molar-refractivity contribution in [1.82, 2.24) is 20.0 Å². The highest BCUT2D eigenvalue weighted by Crippen LogP contribution is 2.39. The Bertz CT molecular complexity index is 489. The van der Waals surface area contributed by atoms with Crippen LogP contribution >= 0.6 is 0 Å². The fraction of sp³-hybridized carbons (Fsp3) is 0.643. The number of nitrogens with zero attached hydrogens (tertiary/aromatic N) is 3. The molecule has 0 saturated heterocycles. The molecule has 0 aliphatic heterocycles. The van der Waals surface area contributed by atoms with Crippen LogP contribution in [0.15, 0.2) is 6.07 Å². The van der Waals surface area contributed by atoms with Crippen LogP contribution in [0.25, 0.3) is 0 Å². The predicted octanol–water partition coefficient (Wildman–Crippen LogP) is 1.23. The monoisotopic (exact) mass is 278 g/mol. The minimum Gasteiger partial charge on any atom is -0.342 e. The first kappa shape index (κ1) is 14.6.